The van der Waals surface area contributed by atoms with Crippen molar-refractivity contribution in [1.82, 2.24) is 5.32 Å². The maximum Gasteiger partial charge on any atom is 0.231 e. The van der Waals surface area contributed by atoms with Gasteiger partial charge in [-0.1, -0.05) is 12.1 Å². The lowest BCUT2D eigenvalue weighted by Gasteiger charge is -2.25. The van der Waals surface area contributed by atoms with Gasteiger partial charge in [0.2, 0.25) is 11.8 Å². The zero-order valence-corrected chi connectivity index (χ0v) is 13.0. The standard InChI is InChI=1S/C15H21N3O2.ClH/c1-11-3-2-4-13(9-11)18(8-6-14(16)19)15(20)12-5-7-17-10-12;/h2-4,9,12,17H,5-8,10H2,1H3,(H2,16,19);1H. The van der Waals surface area contributed by atoms with E-state index in [1.165, 1.54) is 0 Å². The number of amides is 2. The molecule has 0 aromatic heterocycles. The zero-order chi connectivity index (χ0) is 14.5. The van der Waals surface area contributed by atoms with Crippen LogP contribution in [0.5, 0.6) is 0 Å². The normalized spacial score (nSPS) is 17.1. The van der Waals surface area contributed by atoms with Gasteiger partial charge in [0.05, 0.1) is 5.92 Å². The molecule has 6 heteroatoms. The summed E-state index contributed by atoms with van der Waals surface area (Å²) in [5.41, 5.74) is 7.14. The van der Waals surface area contributed by atoms with Gasteiger partial charge in [-0.2, -0.15) is 0 Å². The fourth-order valence-electron chi connectivity index (χ4n) is 2.47. The topological polar surface area (TPSA) is 75.4 Å². The molecule has 3 N–H and O–H groups in total. The molecule has 1 saturated heterocycles. The Labute approximate surface area is 131 Å². The molecule has 1 atom stereocenters. The van der Waals surface area contributed by atoms with Crippen molar-refractivity contribution in [3.63, 3.8) is 0 Å². The van der Waals surface area contributed by atoms with Gasteiger partial charge in [-0.05, 0) is 37.6 Å². The summed E-state index contributed by atoms with van der Waals surface area (Å²) >= 11 is 0. The average Bonchev–Trinajstić information content (AvgIpc) is 2.92. The Balaban J connectivity index is 0.00000220. The molecule has 2 rings (SSSR count). The van der Waals surface area contributed by atoms with Crippen LogP contribution in [0.1, 0.15) is 18.4 Å². The lowest BCUT2D eigenvalue weighted by molar-refractivity contribution is -0.122. The Morgan fingerprint density at radius 3 is 2.76 bits per heavy atom. The molecule has 1 aromatic carbocycles. The molecule has 0 aliphatic carbocycles. The minimum absolute atomic E-state index is 0. The van der Waals surface area contributed by atoms with E-state index in [0.717, 1.165) is 24.2 Å². The largest absolute Gasteiger partial charge is 0.370 e. The van der Waals surface area contributed by atoms with Crippen molar-refractivity contribution in [3.05, 3.63) is 29.8 Å². The van der Waals surface area contributed by atoms with Gasteiger partial charge in [-0.3, -0.25) is 9.59 Å². The van der Waals surface area contributed by atoms with Gasteiger partial charge >= 0.3 is 0 Å². The quantitative estimate of drug-likeness (QED) is 0.859. The number of nitrogens with zero attached hydrogens (tertiary/aromatic N) is 1. The second-order valence-corrected chi connectivity index (χ2v) is 5.23. The molecule has 2 amide bonds. The molecule has 1 unspecified atom stereocenters. The number of benzene rings is 1. The molecular weight excluding hydrogens is 290 g/mol. The molecular formula is C15H22ClN3O2. The highest BCUT2D eigenvalue weighted by Crippen LogP contribution is 2.21. The monoisotopic (exact) mass is 311 g/mol. The second-order valence-electron chi connectivity index (χ2n) is 5.23. The SMILES string of the molecule is Cc1cccc(N(CCC(N)=O)C(=O)C2CCNC2)c1.Cl. The summed E-state index contributed by atoms with van der Waals surface area (Å²) in [6, 6.07) is 7.76. The third-order valence-electron chi connectivity index (χ3n) is 3.57. The van der Waals surface area contributed by atoms with Gasteiger partial charge in [0, 0.05) is 25.2 Å². The number of anilines is 1. The van der Waals surface area contributed by atoms with Crippen LogP contribution in [0.25, 0.3) is 0 Å². The van der Waals surface area contributed by atoms with E-state index < -0.39 is 0 Å². The molecule has 0 saturated carbocycles. The van der Waals surface area contributed by atoms with Crippen molar-refractivity contribution < 1.29 is 9.59 Å². The number of hydrogen-bond acceptors (Lipinski definition) is 3. The van der Waals surface area contributed by atoms with Crippen molar-refractivity contribution in [2.45, 2.75) is 19.8 Å². The predicted molar refractivity (Wildman–Crippen MR) is 85.6 cm³/mol. The van der Waals surface area contributed by atoms with Crippen LogP contribution in [0.2, 0.25) is 0 Å². The number of primary amides is 1. The fourth-order valence-corrected chi connectivity index (χ4v) is 2.47. The van der Waals surface area contributed by atoms with Crippen molar-refractivity contribution in [2.75, 3.05) is 24.5 Å². The summed E-state index contributed by atoms with van der Waals surface area (Å²) in [5.74, 6) is -0.328. The number of carbonyl (C=O) groups is 2. The predicted octanol–water partition coefficient (Wildman–Crippen LogP) is 1.23. The number of nitrogens with one attached hydrogen (secondary N) is 1. The number of aryl methyl sites for hydroxylation is 1. The maximum absolute atomic E-state index is 12.6. The Kier molecular flexibility index (Phi) is 6.65. The van der Waals surface area contributed by atoms with Crippen LogP contribution >= 0.6 is 12.4 Å². The Bertz CT molecular complexity index is 501. The van der Waals surface area contributed by atoms with E-state index in [0.29, 0.717) is 13.1 Å². The smallest absolute Gasteiger partial charge is 0.231 e. The molecule has 5 nitrogen and oxygen atoms in total. The lowest BCUT2D eigenvalue weighted by atomic mass is 10.1. The molecule has 116 valence electrons. The van der Waals surface area contributed by atoms with Gasteiger partial charge in [0.1, 0.15) is 0 Å². The first-order valence-electron chi connectivity index (χ1n) is 6.95. The van der Waals surface area contributed by atoms with Gasteiger partial charge in [0.15, 0.2) is 0 Å². The van der Waals surface area contributed by atoms with Crippen LogP contribution in [0.3, 0.4) is 0 Å². The molecule has 1 fully saturated rings. The van der Waals surface area contributed by atoms with Crippen molar-refractivity contribution in [2.24, 2.45) is 11.7 Å². The van der Waals surface area contributed by atoms with E-state index in [1.54, 1.807) is 4.90 Å². The van der Waals surface area contributed by atoms with Gasteiger partial charge in [-0.25, -0.2) is 0 Å². The average molecular weight is 312 g/mol. The summed E-state index contributed by atoms with van der Waals surface area (Å²) in [6.45, 7) is 3.90. The first-order chi connectivity index (χ1) is 9.58. The molecule has 21 heavy (non-hydrogen) atoms. The molecule has 0 bridgehead atoms. The summed E-state index contributed by atoms with van der Waals surface area (Å²) in [7, 11) is 0. The highest BCUT2D eigenvalue weighted by molar-refractivity contribution is 5.96. The molecule has 1 heterocycles. The van der Waals surface area contributed by atoms with Crippen molar-refractivity contribution >= 4 is 29.9 Å². The fraction of sp³-hybridized carbons (Fsp3) is 0.467. The highest BCUT2D eigenvalue weighted by Gasteiger charge is 2.28. The Morgan fingerprint density at radius 1 is 1.43 bits per heavy atom. The number of hydrogen-bond donors (Lipinski definition) is 2. The summed E-state index contributed by atoms with van der Waals surface area (Å²) < 4.78 is 0. The third kappa shape index (κ3) is 4.72. The number of carbonyl (C=O) groups excluding carboxylic acids is 2. The molecule has 1 aliphatic heterocycles. The van der Waals surface area contributed by atoms with Crippen LogP contribution in [-0.4, -0.2) is 31.4 Å². The van der Waals surface area contributed by atoms with Crippen molar-refractivity contribution in [1.29, 1.82) is 0 Å². The van der Waals surface area contributed by atoms with Gasteiger partial charge in [0.25, 0.3) is 0 Å². The molecule has 0 radical (unpaired) electrons. The summed E-state index contributed by atoms with van der Waals surface area (Å²) in [6.07, 6.45) is 1.03. The minimum Gasteiger partial charge on any atom is -0.370 e. The van der Waals surface area contributed by atoms with E-state index in [1.807, 2.05) is 31.2 Å². The summed E-state index contributed by atoms with van der Waals surface area (Å²) in [4.78, 5) is 25.3. The third-order valence-corrected chi connectivity index (χ3v) is 3.57. The van der Waals surface area contributed by atoms with Crippen molar-refractivity contribution in [3.8, 4) is 0 Å². The Morgan fingerprint density at radius 2 is 2.19 bits per heavy atom. The van der Waals surface area contributed by atoms with E-state index in [4.69, 9.17) is 5.73 Å². The molecule has 1 aliphatic rings. The molecule has 0 spiro atoms. The first-order valence-corrected chi connectivity index (χ1v) is 6.95. The Hall–Kier alpha value is -1.59. The summed E-state index contributed by atoms with van der Waals surface area (Å²) in [5, 5.41) is 3.20. The molecule has 1 aromatic rings. The number of nitrogens with two attached hydrogens (primary N) is 1. The van der Waals surface area contributed by atoms with Crippen LogP contribution in [-0.2, 0) is 9.59 Å². The number of rotatable bonds is 5. The van der Waals surface area contributed by atoms with Crippen LogP contribution in [0, 0.1) is 12.8 Å². The zero-order valence-electron chi connectivity index (χ0n) is 12.2. The van der Waals surface area contributed by atoms with Gasteiger partial charge < -0.3 is 16.0 Å². The van der Waals surface area contributed by atoms with E-state index in [9.17, 15) is 9.59 Å². The maximum atomic E-state index is 12.6. The van der Waals surface area contributed by atoms with Crippen LogP contribution in [0.4, 0.5) is 5.69 Å². The first kappa shape index (κ1) is 17.5. The van der Waals surface area contributed by atoms with Crippen LogP contribution in [0.15, 0.2) is 24.3 Å². The van der Waals surface area contributed by atoms with E-state index >= 15 is 0 Å². The number of halogens is 1. The minimum atomic E-state index is -0.389. The lowest BCUT2D eigenvalue weighted by Crippen LogP contribution is -2.39. The second kappa shape index (κ2) is 8.00. The van der Waals surface area contributed by atoms with Gasteiger partial charge in [-0.15, -0.1) is 12.4 Å². The highest BCUT2D eigenvalue weighted by atomic mass is 35.5. The van der Waals surface area contributed by atoms with E-state index in [-0.39, 0.29) is 36.6 Å². The van der Waals surface area contributed by atoms with Crippen LogP contribution < -0.4 is 16.0 Å². The van der Waals surface area contributed by atoms with E-state index in [2.05, 4.69) is 5.32 Å².